The van der Waals surface area contributed by atoms with E-state index >= 15 is 0 Å². The van der Waals surface area contributed by atoms with E-state index < -0.39 is 17.1 Å². The molecule has 38 heavy (non-hydrogen) atoms. The lowest BCUT2D eigenvalue weighted by Crippen LogP contribution is -2.52. The van der Waals surface area contributed by atoms with Crippen LogP contribution >= 0.6 is 11.8 Å². The highest BCUT2D eigenvalue weighted by Crippen LogP contribution is 2.36. The first-order chi connectivity index (χ1) is 17.6. The molecule has 2 atom stereocenters. The Balaban J connectivity index is 0.00000434. The first kappa shape index (κ1) is 35.7. The van der Waals surface area contributed by atoms with E-state index in [4.69, 9.17) is 19.7 Å². The van der Waals surface area contributed by atoms with Crippen LogP contribution in [0.25, 0.3) is 0 Å². The van der Waals surface area contributed by atoms with Crippen molar-refractivity contribution < 1.29 is 29.3 Å². The van der Waals surface area contributed by atoms with Gasteiger partial charge in [-0.05, 0) is 75.2 Å². The average Bonchev–Trinajstić information content (AvgIpc) is 2.82. The van der Waals surface area contributed by atoms with Crippen molar-refractivity contribution in [3.8, 4) is 0 Å². The van der Waals surface area contributed by atoms with Crippen molar-refractivity contribution in [3.05, 3.63) is 35.4 Å². The quantitative estimate of drug-likeness (QED) is 0.165. The van der Waals surface area contributed by atoms with Crippen LogP contribution in [0.2, 0.25) is 0 Å². The molecule has 9 heteroatoms. The van der Waals surface area contributed by atoms with Gasteiger partial charge in [0.15, 0.2) is 0 Å². The van der Waals surface area contributed by atoms with Gasteiger partial charge in [-0.3, -0.25) is 15.0 Å². The standard InChI is InChI=1S/C28H48N2O4S.CH2O2/c1-10-21(2)22-13-11-14-23(19-22)28(8,16-12-15-27(6,7)20-35-18-17-31)24(32)29-30(9)25(33)34-26(3,4)5;2-1-3/h11,13-14,19,21,31H,10,12,15-18,20H2,1-9H3,(H,29,32);1H,(H,2,3)/t21?,28-;/m1./s1. The fourth-order valence-corrected chi connectivity index (χ4v) is 4.84. The van der Waals surface area contributed by atoms with Gasteiger partial charge in [0.25, 0.3) is 6.47 Å². The number of aliphatic hydroxyl groups excluding tert-OH is 1. The predicted octanol–water partition coefficient (Wildman–Crippen LogP) is 5.98. The van der Waals surface area contributed by atoms with Crippen molar-refractivity contribution in [3.63, 3.8) is 0 Å². The van der Waals surface area contributed by atoms with Gasteiger partial charge in [-0.2, -0.15) is 11.8 Å². The molecule has 0 heterocycles. The maximum atomic E-state index is 13.7. The average molecular weight is 555 g/mol. The van der Waals surface area contributed by atoms with Crippen LogP contribution in [0, 0.1) is 5.41 Å². The van der Waals surface area contributed by atoms with E-state index in [2.05, 4.69) is 45.3 Å². The number of carbonyl (C=O) groups excluding carboxylic acids is 2. The molecule has 0 aliphatic carbocycles. The number of amides is 2. The van der Waals surface area contributed by atoms with Gasteiger partial charge >= 0.3 is 6.09 Å². The Kier molecular flexibility index (Phi) is 15.7. The van der Waals surface area contributed by atoms with Gasteiger partial charge in [0.2, 0.25) is 5.91 Å². The molecule has 0 radical (unpaired) electrons. The Morgan fingerprint density at radius 2 is 1.76 bits per heavy atom. The number of carboxylic acid groups (broad SMARTS) is 1. The molecule has 0 saturated carbocycles. The predicted molar refractivity (Wildman–Crippen MR) is 155 cm³/mol. The zero-order valence-corrected chi connectivity index (χ0v) is 25.6. The molecule has 1 unspecified atom stereocenters. The summed E-state index contributed by atoms with van der Waals surface area (Å²) in [6.07, 6.45) is 2.90. The normalized spacial score (nSPS) is 13.8. The second-order valence-electron chi connectivity index (χ2n) is 11.6. The number of benzene rings is 1. The van der Waals surface area contributed by atoms with Gasteiger partial charge in [0, 0.05) is 12.8 Å². The molecule has 0 saturated heterocycles. The SMILES string of the molecule is CCC(C)c1cccc([C@@](C)(CCCC(C)(C)CSCCO)C(=O)NN(C)C(=O)OC(C)(C)C)c1.O=CO. The van der Waals surface area contributed by atoms with Crippen molar-refractivity contribution in [2.24, 2.45) is 5.41 Å². The summed E-state index contributed by atoms with van der Waals surface area (Å²) in [6.45, 7) is 16.1. The molecule has 3 N–H and O–H groups in total. The number of nitrogens with one attached hydrogen (secondary N) is 1. The van der Waals surface area contributed by atoms with E-state index in [1.165, 1.54) is 12.6 Å². The Morgan fingerprint density at radius 3 is 2.29 bits per heavy atom. The summed E-state index contributed by atoms with van der Waals surface area (Å²) in [5.74, 6) is 1.87. The number of carbonyl (C=O) groups is 3. The van der Waals surface area contributed by atoms with Gasteiger partial charge in [0.05, 0.1) is 12.0 Å². The summed E-state index contributed by atoms with van der Waals surface area (Å²) in [4.78, 5) is 34.5. The Labute approximate surface area is 233 Å². The number of hydrazine groups is 1. The number of nitrogens with zero attached hydrogens (tertiary/aromatic N) is 1. The van der Waals surface area contributed by atoms with Gasteiger partial charge in [-0.15, -0.1) is 0 Å². The highest BCUT2D eigenvalue weighted by atomic mass is 32.2. The third kappa shape index (κ3) is 13.0. The molecule has 0 spiro atoms. The molecule has 0 fully saturated rings. The zero-order valence-electron chi connectivity index (χ0n) is 24.8. The maximum absolute atomic E-state index is 13.7. The Bertz CT molecular complexity index is 871. The minimum atomic E-state index is -0.811. The van der Waals surface area contributed by atoms with Gasteiger partial charge in [0.1, 0.15) is 5.60 Å². The highest BCUT2D eigenvalue weighted by molar-refractivity contribution is 7.99. The van der Waals surface area contributed by atoms with Crippen molar-refractivity contribution in [1.29, 1.82) is 0 Å². The smallest absolute Gasteiger partial charge is 0.428 e. The zero-order chi connectivity index (χ0) is 29.6. The van der Waals surface area contributed by atoms with E-state index in [0.29, 0.717) is 12.3 Å². The summed E-state index contributed by atoms with van der Waals surface area (Å²) < 4.78 is 5.41. The number of hydrogen-bond acceptors (Lipinski definition) is 6. The monoisotopic (exact) mass is 554 g/mol. The van der Waals surface area contributed by atoms with Crippen LogP contribution in [0.4, 0.5) is 4.79 Å². The van der Waals surface area contributed by atoms with Gasteiger partial charge in [-0.25, -0.2) is 9.80 Å². The van der Waals surface area contributed by atoms with Crippen LogP contribution in [0.3, 0.4) is 0 Å². The first-order valence-electron chi connectivity index (χ1n) is 13.2. The lowest BCUT2D eigenvalue weighted by atomic mass is 9.75. The van der Waals surface area contributed by atoms with E-state index in [1.54, 1.807) is 32.5 Å². The molecule has 1 aromatic carbocycles. The lowest BCUT2D eigenvalue weighted by Gasteiger charge is -2.33. The topological polar surface area (TPSA) is 116 Å². The molecule has 1 aromatic rings. The van der Waals surface area contributed by atoms with Crippen LogP contribution in [0.5, 0.6) is 0 Å². The second kappa shape index (κ2) is 16.6. The summed E-state index contributed by atoms with van der Waals surface area (Å²) in [5, 5.41) is 17.1. The number of ether oxygens (including phenoxy) is 1. The van der Waals surface area contributed by atoms with E-state index in [1.807, 2.05) is 19.1 Å². The summed E-state index contributed by atoms with van der Waals surface area (Å²) in [7, 11) is 1.52. The molecule has 0 bridgehead atoms. The summed E-state index contributed by atoms with van der Waals surface area (Å²) >= 11 is 1.76. The summed E-state index contributed by atoms with van der Waals surface area (Å²) in [5.41, 5.74) is 3.59. The Hall–Kier alpha value is -2.26. The number of aliphatic hydroxyl groups is 1. The third-order valence-electron chi connectivity index (χ3n) is 6.40. The fraction of sp³-hybridized carbons (Fsp3) is 0.690. The molecule has 8 nitrogen and oxygen atoms in total. The van der Waals surface area contributed by atoms with Crippen molar-refractivity contribution in [2.45, 2.75) is 98.0 Å². The van der Waals surface area contributed by atoms with Gasteiger partial charge in [-0.1, -0.05) is 58.4 Å². The minimum Gasteiger partial charge on any atom is -0.483 e. The summed E-state index contributed by atoms with van der Waals surface area (Å²) in [6, 6.07) is 8.30. The fourth-order valence-electron chi connectivity index (χ4n) is 3.87. The van der Waals surface area contributed by atoms with Crippen LogP contribution in [0.1, 0.15) is 98.1 Å². The third-order valence-corrected chi connectivity index (χ3v) is 7.86. The molecular weight excluding hydrogens is 504 g/mol. The van der Waals surface area contributed by atoms with Crippen LogP contribution in [-0.2, 0) is 19.7 Å². The van der Waals surface area contributed by atoms with Crippen LogP contribution < -0.4 is 5.43 Å². The lowest BCUT2D eigenvalue weighted by molar-refractivity contribution is -0.131. The molecule has 2 amide bonds. The maximum Gasteiger partial charge on any atom is 0.428 e. The highest BCUT2D eigenvalue weighted by Gasteiger charge is 2.37. The number of hydrogen-bond donors (Lipinski definition) is 3. The number of thioether (sulfide) groups is 1. The van der Waals surface area contributed by atoms with E-state index in [9.17, 15) is 9.59 Å². The molecule has 1 rings (SSSR count). The molecule has 0 aliphatic heterocycles. The van der Waals surface area contributed by atoms with E-state index in [0.717, 1.165) is 41.3 Å². The van der Waals surface area contributed by atoms with Crippen molar-refractivity contribution >= 4 is 30.2 Å². The van der Waals surface area contributed by atoms with E-state index in [-0.39, 0.29) is 24.4 Å². The minimum absolute atomic E-state index is 0.100. The van der Waals surface area contributed by atoms with Crippen molar-refractivity contribution in [1.82, 2.24) is 10.4 Å². The molecule has 0 aliphatic rings. The second-order valence-corrected chi connectivity index (χ2v) is 12.8. The first-order valence-corrected chi connectivity index (χ1v) is 14.4. The molecular formula is C29H50N2O6S. The largest absolute Gasteiger partial charge is 0.483 e. The van der Waals surface area contributed by atoms with Crippen LogP contribution in [-0.4, -0.2) is 64.5 Å². The van der Waals surface area contributed by atoms with Gasteiger partial charge < -0.3 is 14.9 Å². The molecule has 0 aromatic heterocycles. The van der Waals surface area contributed by atoms with Crippen molar-refractivity contribution in [2.75, 3.05) is 25.2 Å². The Morgan fingerprint density at radius 1 is 1.16 bits per heavy atom. The van der Waals surface area contributed by atoms with Crippen LogP contribution in [0.15, 0.2) is 24.3 Å². The molecule has 218 valence electrons. The number of rotatable bonds is 12.